The van der Waals surface area contributed by atoms with Crippen molar-refractivity contribution in [1.29, 1.82) is 0 Å². The second-order valence-electron chi connectivity index (χ2n) is 6.98. The third-order valence-corrected chi connectivity index (χ3v) is 4.53. The van der Waals surface area contributed by atoms with E-state index in [1.54, 1.807) is 11.3 Å². The second-order valence-corrected chi connectivity index (χ2v) is 8.09. The highest BCUT2D eigenvalue weighted by Crippen LogP contribution is 2.27. The molecule has 0 unspecified atom stereocenters. The molecule has 0 saturated heterocycles. The highest BCUT2D eigenvalue weighted by molar-refractivity contribution is 7.11. The second kappa shape index (κ2) is 6.82. The Morgan fingerprint density at radius 3 is 2.47 bits per heavy atom. The molecule has 0 saturated carbocycles. The molecule has 19 heavy (non-hydrogen) atoms. The van der Waals surface area contributed by atoms with Crippen LogP contribution in [-0.2, 0) is 12.0 Å². The molecule has 0 aliphatic heterocycles. The van der Waals surface area contributed by atoms with Crippen molar-refractivity contribution in [3.05, 3.63) is 16.1 Å². The van der Waals surface area contributed by atoms with Gasteiger partial charge in [0.05, 0.1) is 5.01 Å². The fourth-order valence-corrected chi connectivity index (χ4v) is 2.85. The lowest BCUT2D eigenvalue weighted by molar-refractivity contribution is 0.236. The molecular formula is C15H28N2OS. The number of aromatic nitrogens is 1. The number of aliphatic hydroxyl groups excluding tert-OH is 1. The number of thiazole rings is 1. The largest absolute Gasteiger partial charge is 0.396 e. The van der Waals surface area contributed by atoms with Crippen LogP contribution in [0.4, 0.5) is 0 Å². The van der Waals surface area contributed by atoms with E-state index >= 15 is 0 Å². The van der Waals surface area contributed by atoms with Crippen LogP contribution in [0.25, 0.3) is 0 Å². The average Bonchev–Trinajstić information content (AvgIpc) is 2.74. The lowest BCUT2D eigenvalue weighted by Gasteiger charge is -2.24. The van der Waals surface area contributed by atoms with E-state index in [9.17, 15) is 0 Å². The number of nitrogens with zero attached hydrogens (tertiary/aromatic N) is 1. The molecule has 0 atom stereocenters. The Kier molecular flexibility index (Phi) is 5.96. The van der Waals surface area contributed by atoms with Gasteiger partial charge in [0.15, 0.2) is 0 Å². The van der Waals surface area contributed by atoms with Crippen molar-refractivity contribution < 1.29 is 5.11 Å². The summed E-state index contributed by atoms with van der Waals surface area (Å²) in [5, 5.41) is 13.6. The molecule has 3 nitrogen and oxygen atoms in total. The Bertz CT molecular complexity index is 380. The molecule has 0 spiro atoms. The molecule has 0 radical (unpaired) electrons. The van der Waals surface area contributed by atoms with Gasteiger partial charge in [0.1, 0.15) is 0 Å². The van der Waals surface area contributed by atoms with E-state index in [-0.39, 0.29) is 17.4 Å². The van der Waals surface area contributed by atoms with Crippen molar-refractivity contribution in [3.8, 4) is 0 Å². The Hall–Kier alpha value is -0.450. The van der Waals surface area contributed by atoms with Gasteiger partial charge in [-0.05, 0) is 18.3 Å². The number of rotatable bonds is 7. The van der Waals surface area contributed by atoms with Crippen LogP contribution in [0.1, 0.15) is 57.3 Å². The van der Waals surface area contributed by atoms with E-state index in [1.165, 1.54) is 9.88 Å². The fourth-order valence-electron chi connectivity index (χ4n) is 1.91. The topological polar surface area (TPSA) is 45.1 Å². The number of hydrogen-bond acceptors (Lipinski definition) is 4. The summed E-state index contributed by atoms with van der Waals surface area (Å²) >= 11 is 1.79. The van der Waals surface area contributed by atoms with Gasteiger partial charge in [0.25, 0.3) is 0 Å². The van der Waals surface area contributed by atoms with Gasteiger partial charge in [-0.3, -0.25) is 0 Å². The van der Waals surface area contributed by atoms with E-state index in [0.29, 0.717) is 0 Å². The van der Waals surface area contributed by atoms with Crippen molar-refractivity contribution in [1.82, 2.24) is 10.3 Å². The van der Waals surface area contributed by atoms with Gasteiger partial charge in [-0.15, -0.1) is 11.3 Å². The maximum absolute atomic E-state index is 8.88. The minimum atomic E-state index is 0.142. The van der Waals surface area contributed by atoms with Crippen LogP contribution in [-0.4, -0.2) is 23.2 Å². The zero-order valence-electron chi connectivity index (χ0n) is 12.9. The summed E-state index contributed by atoms with van der Waals surface area (Å²) in [6.07, 6.45) is 3.91. The Morgan fingerprint density at radius 1 is 1.26 bits per heavy atom. The number of hydrogen-bond donors (Lipinski definition) is 2. The first-order valence-corrected chi connectivity index (χ1v) is 7.83. The molecule has 0 aromatic carbocycles. The van der Waals surface area contributed by atoms with Crippen molar-refractivity contribution in [2.45, 2.75) is 59.4 Å². The third kappa shape index (κ3) is 6.02. The molecule has 4 heteroatoms. The average molecular weight is 284 g/mol. The minimum Gasteiger partial charge on any atom is -0.396 e. The van der Waals surface area contributed by atoms with Crippen LogP contribution in [0, 0.1) is 5.41 Å². The number of aliphatic hydroxyl groups is 1. The van der Waals surface area contributed by atoms with Gasteiger partial charge in [0, 0.05) is 36.2 Å². The van der Waals surface area contributed by atoms with Crippen molar-refractivity contribution in [3.63, 3.8) is 0 Å². The molecule has 0 fully saturated rings. The first-order valence-electron chi connectivity index (χ1n) is 7.01. The smallest absolute Gasteiger partial charge is 0.0981 e. The van der Waals surface area contributed by atoms with E-state index in [4.69, 9.17) is 5.11 Å². The van der Waals surface area contributed by atoms with Crippen LogP contribution in [0.15, 0.2) is 6.20 Å². The fraction of sp³-hybridized carbons (Fsp3) is 0.800. The zero-order valence-corrected chi connectivity index (χ0v) is 13.7. The van der Waals surface area contributed by atoms with Gasteiger partial charge >= 0.3 is 0 Å². The maximum atomic E-state index is 8.88. The summed E-state index contributed by atoms with van der Waals surface area (Å²) in [5.74, 6) is 0. The van der Waals surface area contributed by atoms with Crippen molar-refractivity contribution in [2.75, 3.05) is 13.2 Å². The summed E-state index contributed by atoms with van der Waals surface area (Å²) in [7, 11) is 0. The predicted octanol–water partition coefficient (Wildman–Crippen LogP) is 3.33. The lowest BCUT2D eigenvalue weighted by atomic mass is 9.88. The van der Waals surface area contributed by atoms with E-state index in [1.807, 2.05) is 6.20 Å². The molecular weight excluding hydrogens is 256 g/mol. The van der Waals surface area contributed by atoms with Crippen molar-refractivity contribution >= 4 is 11.3 Å². The molecule has 0 aliphatic carbocycles. The molecule has 2 N–H and O–H groups in total. The molecule has 1 aromatic rings. The highest BCUT2D eigenvalue weighted by atomic mass is 32.1. The van der Waals surface area contributed by atoms with Gasteiger partial charge in [-0.1, -0.05) is 34.6 Å². The third-order valence-electron chi connectivity index (χ3n) is 3.11. The van der Waals surface area contributed by atoms with E-state index in [2.05, 4.69) is 44.9 Å². The lowest BCUT2D eigenvalue weighted by Crippen LogP contribution is -2.29. The van der Waals surface area contributed by atoms with Crippen LogP contribution >= 0.6 is 11.3 Å². The van der Waals surface area contributed by atoms with E-state index < -0.39 is 0 Å². The molecule has 110 valence electrons. The molecule has 0 bridgehead atoms. The van der Waals surface area contributed by atoms with Gasteiger partial charge in [-0.25, -0.2) is 4.98 Å². The van der Waals surface area contributed by atoms with E-state index in [0.717, 1.165) is 25.9 Å². The zero-order chi connectivity index (χ0) is 14.5. The number of nitrogens with one attached hydrogen (secondary N) is 1. The summed E-state index contributed by atoms with van der Waals surface area (Å²) in [6.45, 7) is 13.2. The molecule has 1 rings (SSSR count). The van der Waals surface area contributed by atoms with Gasteiger partial charge < -0.3 is 10.4 Å². The van der Waals surface area contributed by atoms with Gasteiger partial charge in [-0.2, -0.15) is 0 Å². The SMILES string of the molecule is CC(C)(CCCO)CNCc1cnc(C(C)(C)C)s1. The minimum absolute atomic E-state index is 0.142. The first-order chi connectivity index (χ1) is 8.74. The normalized spacial score (nSPS) is 12.9. The summed E-state index contributed by atoms with van der Waals surface area (Å²) in [4.78, 5) is 5.79. The predicted molar refractivity (Wildman–Crippen MR) is 82.6 cm³/mol. The quantitative estimate of drug-likeness (QED) is 0.807. The monoisotopic (exact) mass is 284 g/mol. The summed E-state index contributed by atoms with van der Waals surface area (Å²) in [5.41, 5.74) is 0.379. The molecule has 1 aromatic heterocycles. The Morgan fingerprint density at radius 2 is 1.95 bits per heavy atom. The molecule has 0 aliphatic rings. The van der Waals surface area contributed by atoms with Crippen LogP contribution < -0.4 is 5.32 Å². The van der Waals surface area contributed by atoms with Gasteiger partial charge in [0.2, 0.25) is 0 Å². The highest BCUT2D eigenvalue weighted by Gasteiger charge is 2.19. The molecule has 1 heterocycles. The first kappa shape index (κ1) is 16.6. The summed E-state index contributed by atoms with van der Waals surface area (Å²) in [6, 6.07) is 0. The van der Waals surface area contributed by atoms with Crippen LogP contribution in [0.3, 0.4) is 0 Å². The Balaban J connectivity index is 2.39. The standard InChI is InChI=1S/C15H28N2OS/c1-14(2,3)13-17-10-12(19-13)9-16-11-15(4,5)7-6-8-18/h10,16,18H,6-9,11H2,1-5H3. The van der Waals surface area contributed by atoms with Crippen LogP contribution in [0.2, 0.25) is 0 Å². The molecule has 0 amide bonds. The Labute approximate surface area is 121 Å². The van der Waals surface area contributed by atoms with Crippen molar-refractivity contribution in [2.24, 2.45) is 5.41 Å². The maximum Gasteiger partial charge on any atom is 0.0981 e. The summed E-state index contributed by atoms with van der Waals surface area (Å²) < 4.78 is 0. The van der Waals surface area contributed by atoms with Crippen LogP contribution in [0.5, 0.6) is 0 Å².